The normalized spacial score (nSPS) is 14.5. The van der Waals surface area contributed by atoms with Crippen LogP contribution in [-0.4, -0.2) is 17.9 Å². The molecule has 0 spiro atoms. The Bertz CT molecular complexity index is 762. The molecule has 1 amide bonds. The van der Waals surface area contributed by atoms with Gasteiger partial charge in [-0.25, -0.2) is 4.98 Å². The number of rotatable bonds is 6. The monoisotopic (exact) mass is 320 g/mol. The van der Waals surface area contributed by atoms with Crippen LogP contribution in [0.2, 0.25) is 0 Å². The zero-order chi connectivity index (χ0) is 17.0. The lowest BCUT2D eigenvalue weighted by Gasteiger charge is -2.21. The maximum Gasteiger partial charge on any atom is 0.240 e. The van der Waals surface area contributed by atoms with E-state index in [-0.39, 0.29) is 5.91 Å². The maximum absolute atomic E-state index is 12.1. The number of benzene rings is 1. The first kappa shape index (κ1) is 16.0. The van der Waals surface area contributed by atoms with Crippen molar-refractivity contribution in [3.63, 3.8) is 0 Å². The summed E-state index contributed by atoms with van der Waals surface area (Å²) >= 11 is 0. The largest absolute Gasteiger partial charge is 0.355 e. The zero-order valence-electron chi connectivity index (χ0n) is 13.7. The smallest absolute Gasteiger partial charge is 0.240 e. The molecule has 1 N–H and O–H groups in total. The van der Waals surface area contributed by atoms with Crippen LogP contribution in [0.5, 0.6) is 0 Å². The SMILES string of the molecule is CN(Cc1ccccc1)c1ncccc1CNC(=O)C1(C#N)CC1. The highest BCUT2D eigenvalue weighted by molar-refractivity contribution is 5.88. The number of amides is 1. The third-order valence-corrected chi connectivity index (χ3v) is 4.33. The minimum atomic E-state index is -0.793. The van der Waals surface area contributed by atoms with Gasteiger partial charge in [-0.2, -0.15) is 5.26 Å². The molecule has 122 valence electrons. The Kier molecular flexibility index (Phi) is 4.48. The molecule has 1 saturated carbocycles. The van der Waals surface area contributed by atoms with Crippen LogP contribution >= 0.6 is 0 Å². The van der Waals surface area contributed by atoms with Crippen molar-refractivity contribution in [2.45, 2.75) is 25.9 Å². The van der Waals surface area contributed by atoms with E-state index in [4.69, 9.17) is 5.26 Å². The molecule has 0 aliphatic heterocycles. The second kappa shape index (κ2) is 6.71. The topological polar surface area (TPSA) is 69.0 Å². The summed E-state index contributed by atoms with van der Waals surface area (Å²) in [5, 5.41) is 12.0. The molecule has 0 radical (unpaired) electrons. The van der Waals surface area contributed by atoms with Crippen LogP contribution in [0.1, 0.15) is 24.0 Å². The van der Waals surface area contributed by atoms with Crippen LogP contribution in [0.15, 0.2) is 48.7 Å². The van der Waals surface area contributed by atoms with Crippen molar-refractivity contribution in [2.24, 2.45) is 5.41 Å². The van der Waals surface area contributed by atoms with Gasteiger partial charge >= 0.3 is 0 Å². The van der Waals surface area contributed by atoms with Crippen molar-refractivity contribution >= 4 is 11.7 Å². The van der Waals surface area contributed by atoms with Gasteiger partial charge in [-0.05, 0) is 24.5 Å². The first-order valence-electron chi connectivity index (χ1n) is 8.03. The van der Waals surface area contributed by atoms with Crippen molar-refractivity contribution in [3.05, 3.63) is 59.8 Å². The quantitative estimate of drug-likeness (QED) is 0.888. The molecule has 1 heterocycles. The predicted octanol–water partition coefficient (Wildman–Crippen LogP) is 2.64. The van der Waals surface area contributed by atoms with Crippen molar-refractivity contribution in [2.75, 3.05) is 11.9 Å². The van der Waals surface area contributed by atoms with Gasteiger partial charge in [0.2, 0.25) is 5.91 Å². The number of nitrogens with one attached hydrogen (secondary N) is 1. The van der Waals surface area contributed by atoms with Crippen LogP contribution in [0.25, 0.3) is 0 Å². The minimum Gasteiger partial charge on any atom is -0.355 e. The van der Waals surface area contributed by atoms with E-state index in [0.29, 0.717) is 19.4 Å². The van der Waals surface area contributed by atoms with E-state index >= 15 is 0 Å². The fourth-order valence-electron chi connectivity index (χ4n) is 2.70. The maximum atomic E-state index is 12.1. The van der Waals surface area contributed by atoms with Gasteiger partial charge in [0.05, 0.1) is 6.07 Å². The summed E-state index contributed by atoms with van der Waals surface area (Å²) in [4.78, 5) is 18.7. The summed E-state index contributed by atoms with van der Waals surface area (Å²) in [6, 6.07) is 16.1. The number of nitrogens with zero attached hydrogens (tertiary/aromatic N) is 3. The van der Waals surface area contributed by atoms with Crippen LogP contribution < -0.4 is 10.2 Å². The average Bonchev–Trinajstić information content (AvgIpc) is 3.42. The Hall–Kier alpha value is -2.87. The molecule has 5 nitrogen and oxygen atoms in total. The zero-order valence-corrected chi connectivity index (χ0v) is 13.7. The molecule has 1 aromatic heterocycles. The van der Waals surface area contributed by atoms with Gasteiger partial charge in [-0.1, -0.05) is 36.4 Å². The van der Waals surface area contributed by atoms with E-state index in [1.54, 1.807) is 6.20 Å². The fraction of sp³-hybridized carbons (Fsp3) is 0.316. The molecule has 1 fully saturated rings. The highest BCUT2D eigenvalue weighted by Gasteiger charge is 2.50. The highest BCUT2D eigenvalue weighted by atomic mass is 16.2. The molecule has 3 rings (SSSR count). The lowest BCUT2D eigenvalue weighted by Crippen LogP contribution is -2.31. The van der Waals surface area contributed by atoms with Gasteiger partial charge in [0.25, 0.3) is 0 Å². The summed E-state index contributed by atoms with van der Waals surface area (Å²) in [5.74, 6) is 0.661. The van der Waals surface area contributed by atoms with E-state index in [9.17, 15) is 4.79 Å². The molecule has 0 bridgehead atoms. The van der Waals surface area contributed by atoms with Crippen LogP contribution in [-0.2, 0) is 17.9 Å². The van der Waals surface area contributed by atoms with Crippen molar-refractivity contribution < 1.29 is 4.79 Å². The van der Waals surface area contributed by atoms with Crippen molar-refractivity contribution in [3.8, 4) is 6.07 Å². The van der Waals surface area contributed by atoms with Crippen LogP contribution in [0.3, 0.4) is 0 Å². The Labute approximate surface area is 141 Å². The number of aromatic nitrogens is 1. The van der Waals surface area contributed by atoms with Crippen molar-refractivity contribution in [1.29, 1.82) is 5.26 Å². The van der Waals surface area contributed by atoms with E-state index in [1.165, 1.54) is 5.56 Å². The molecule has 1 aromatic carbocycles. The predicted molar refractivity (Wildman–Crippen MR) is 91.9 cm³/mol. The molecule has 1 aliphatic carbocycles. The Morgan fingerprint density at radius 3 is 2.71 bits per heavy atom. The number of pyridine rings is 1. The number of carbonyl (C=O) groups excluding carboxylic acids is 1. The second-order valence-corrected chi connectivity index (χ2v) is 6.20. The highest BCUT2D eigenvalue weighted by Crippen LogP contribution is 2.45. The Balaban J connectivity index is 1.69. The summed E-state index contributed by atoms with van der Waals surface area (Å²) in [6.45, 7) is 1.12. The lowest BCUT2D eigenvalue weighted by molar-refractivity contribution is -0.124. The standard InChI is InChI=1S/C19H20N4O/c1-23(13-15-6-3-2-4-7-15)17-16(8-5-11-21-17)12-22-18(24)19(14-20)9-10-19/h2-8,11H,9-10,12-13H2,1H3,(H,22,24). The third kappa shape index (κ3) is 3.38. The molecule has 0 atom stereocenters. The van der Waals surface area contributed by atoms with Gasteiger partial charge in [-0.15, -0.1) is 0 Å². The van der Waals surface area contributed by atoms with E-state index in [2.05, 4.69) is 33.4 Å². The number of anilines is 1. The van der Waals surface area contributed by atoms with Gasteiger partial charge in [0.1, 0.15) is 11.2 Å². The summed E-state index contributed by atoms with van der Waals surface area (Å²) in [7, 11) is 1.98. The number of nitriles is 1. The van der Waals surface area contributed by atoms with Gasteiger partial charge in [-0.3, -0.25) is 4.79 Å². The number of carbonyl (C=O) groups is 1. The van der Waals surface area contributed by atoms with Crippen LogP contribution in [0.4, 0.5) is 5.82 Å². The summed E-state index contributed by atoms with van der Waals surface area (Å²) < 4.78 is 0. The molecule has 1 aliphatic rings. The molecule has 24 heavy (non-hydrogen) atoms. The van der Waals surface area contributed by atoms with Gasteiger partial charge in [0, 0.05) is 31.9 Å². The lowest BCUT2D eigenvalue weighted by atomic mass is 10.1. The number of hydrogen-bond donors (Lipinski definition) is 1. The summed E-state index contributed by atoms with van der Waals surface area (Å²) in [5.41, 5.74) is 1.35. The average molecular weight is 320 g/mol. The third-order valence-electron chi connectivity index (χ3n) is 4.33. The summed E-state index contributed by atoms with van der Waals surface area (Å²) in [6.07, 6.45) is 3.06. The Morgan fingerprint density at radius 1 is 1.29 bits per heavy atom. The van der Waals surface area contributed by atoms with Gasteiger partial charge in [0.15, 0.2) is 0 Å². The molecule has 2 aromatic rings. The molecular formula is C19H20N4O. The Morgan fingerprint density at radius 2 is 2.04 bits per heavy atom. The molecule has 5 heteroatoms. The molecular weight excluding hydrogens is 300 g/mol. The fourth-order valence-corrected chi connectivity index (χ4v) is 2.70. The van der Waals surface area contributed by atoms with E-state index in [0.717, 1.165) is 17.9 Å². The van der Waals surface area contributed by atoms with Crippen molar-refractivity contribution in [1.82, 2.24) is 10.3 Å². The first-order chi connectivity index (χ1) is 11.6. The molecule has 0 unspecified atom stereocenters. The van der Waals surface area contributed by atoms with E-state index in [1.807, 2.05) is 37.4 Å². The first-order valence-corrected chi connectivity index (χ1v) is 8.03. The minimum absolute atomic E-state index is 0.175. The van der Waals surface area contributed by atoms with Crippen LogP contribution in [0, 0.1) is 16.7 Å². The second-order valence-electron chi connectivity index (χ2n) is 6.20. The van der Waals surface area contributed by atoms with Gasteiger partial charge < -0.3 is 10.2 Å². The number of hydrogen-bond acceptors (Lipinski definition) is 4. The van der Waals surface area contributed by atoms with E-state index < -0.39 is 5.41 Å². The molecule has 0 saturated heterocycles.